The van der Waals surface area contributed by atoms with Gasteiger partial charge < -0.3 is 10.6 Å². The minimum Gasteiger partial charge on any atom is -0.368 e. The smallest absolute Gasteiger partial charge is 0.245 e. The molecule has 1 aromatic carbocycles. The van der Waals surface area contributed by atoms with Crippen molar-refractivity contribution in [2.24, 2.45) is 12.8 Å². The van der Waals surface area contributed by atoms with Gasteiger partial charge in [-0.2, -0.15) is 5.10 Å². The number of aryl methyl sites for hydroxylation is 1. The van der Waals surface area contributed by atoms with Crippen molar-refractivity contribution in [3.05, 3.63) is 58.4 Å². The van der Waals surface area contributed by atoms with Crippen LogP contribution in [-0.2, 0) is 29.5 Å². The monoisotopic (exact) mass is 336 g/mol. The van der Waals surface area contributed by atoms with Crippen molar-refractivity contribution < 1.29 is 9.59 Å². The SMILES string of the molecule is Cn1ncc2c1CCN(C(=O)CC1=Cc3ccccc3C1)C2C(N)=O. The molecule has 4 rings (SSSR count). The summed E-state index contributed by atoms with van der Waals surface area (Å²) in [6.45, 7) is 0.485. The Morgan fingerprint density at radius 2 is 2.12 bits per heavy atom. The van der Waals surface area contributed by atoms with Gasteiger partial charge in [-0.3, -0.25) is 14.3 Å². The van der Waals surface area contributed by atoms with Gasteiger partial charge in [-0.15, -0.1) is 0 Å². The molecule has 2 amide bonds. The summed E-state index contributed by atoms with van der Waals surface area (Å²) in [7, 11) is 1.84. The Balaban J connectivity index is 1.55. The van der Waals surface area contributed by atoms with E-state index in [1.807, 2.05) is 19.2 Å². The van der Waals surface area contributed by atoms with E-state index in [0.717, 1.165) is 23.3 Å². The van der Waals surface area contributed by atoms with Gasteiger partial charge in [0.1, 0.15) is 6.04 Å². The van der Waals surface area contributed by atoms with Crippen molar-refractivity contribution in [2.45, 2.75) is 25.3 Å². The van der Waals surface area contributed by atoms with Gasteiger partial charge in [-0.05, 0) is 17.5 Å². The van der Waals surface area contributed by atoms with Crippen molar-refractivity contribution in [1.29, 1.82) is 0 Å². The molecule has 0 radical (unpaired) electrons. The van der Waals surface area contributed by atoms with Gasteiger partial charge in [0.05, 0.1) is 6.20 Å². The summed E-state index contributed by atoms with van der Waals surface area (Å²) < 4.78 is 1.75. The third-order valence-corrected chi connectivity index (χ3v) is 5.09. The molecule has 128 valence electrons. The van der Waals surface area contributed by atoms with Crippen LogP contribution in [0, 0.1) is 0 Å². The van der Waals surface area contributed by atoms with Gasteiger partial charge in [0.2, 0.25) is 11.8 Å². The Labute approximate surface area is 145 Å². The molecule has 1 aliphatic heterocycles. The van der Waals surface area contributed by atoms with Crippen molar-refractivity contribution >= 4 is 17.9 Å². The standard InChI is InChI=1S/C19H20N4O2/c1-22-16-6-7-23(18(19(20)25)15(16)11-21-22)17(24)10-12-8-13-4-2-3-5-14(13)9-12/h2-5,8,11,18H,6-7,9-10H2,1H3,(H2,20,25). The fourth-order valence-electron chi connectivity index (χ4n) is 3.87. The number of hydrogen-bond donors (Lipinski definition) is 1. The summed E-state index contributed by atoms with van der Waals surface area (Å²) in [5.74, 6) is -0.566. The number of carbonyl (C=O) groups excluding carboxylic acids is 2. The molecule has 0 fully saturated rings. The fraction of sp³-hybridized carbons (Fsp3) is 0.316. The zero-order valence-corrected chi connectivity index (χ0v) is 14.1. The number of rotatable bonds is 3. The highest BCUT2D eigenvalue weighted by molar-refractivity contribution is 5.90. The van der Waals surface area contributed by atoms with Gasteiger partial charge in [0.25, 0.3) is 0 Å². The van der Waals surface area contributed by atoms with Crippen LogP contribution in [0.2, 0.25) is 0 Å². The van der Waals surface area contributed by atoms with Crippen LogP contribution in [-0.4, -0.2) is 33.0 Å². The number of hydrogen-bond acceptors (Lipinski definition) is 3. The second kappa shape index (κ2) is 5.88. The summed E-state index contributed by atoms with van der Waals surface area (Å²) >= 11 is 0. The summed E-state index contributed by atoms with van der Waals surface area (Å²) in [6, 6.07) is 7.42. The fourth-order valence-corrected chi connectivity index (χ4v) is 3.87. The molecule has 25 heavy (non-hydrogen) atoms. The molecule has 6 nitrogen and oxygen atoms in total. The van der Waals surface area contributed by atoms with Crippen LogP contribution in [0.25, 0.3) is 6.08 Å². The second-order valence-corrected chi connectivity index (χ2v) is 6.67. The normalized spacial score (nSPS) is 18.5. The van der Waals surface area contributed by atoms with E-state index < -0.39 is 11.9 Å². The molecule has 2 N–H and O–H groups in total. The van der Waals surface area contributed by atoms with Crippen LogP contribution >= 0.6 is 0 Å². The maximum Gasteiger partial charge on any atom is 0.245 e. The molecule has 2 aromatic rings. The zero-order chi connectivity index (χ0) is 17.6. The lowest BCUT2D eigenvalue weighted by molar-refractivity contribution is -0.139. The molecule has 6 heteroatoms. The Hall–Kier alpha value is -2.89. The Kier molecular flexibility index (Phi) is 3.67. The van der Waals surface area contributed by atoms with Crippen LogP contribution in [0.4, 0.5) is 0 Å². The molecule has 0 saturated heterocycles. The molecule has 1 unspecified atom stereocenters. The lowest BCUT2D eigenvalue weighted by atomic mass is 9.97. The number of primary amides is 1. The van der Waals surface area contributed by atoms with E-state index in [4.69, 9.17) is 5.73 Å². The second-order valence-electron chi connectivity index (χ2n) is 6.67. The molecule has 0 bridgehead atoms. The van der Waals surface area contributed by atoms with Crippen LogP contribution in [0.15, 0.2) is 36.0 Å². The molecule has 1 aromatic heterocycles. The Morgan fingerprint density at radius 1 is 1.32 bits per heavy atom. The molecule has 0 spiro atoms. The van der Waals surface area contributed by atoms with Crippen molar-refractivity contribution in [2.75, 3.05) is 6.54 Å². The average Bonchev–Trinajstić information content (AvgIpc) is 3.16. The predicted molar refractivity (Wildman–Crippen MR) is 93.3 cm³/mol. The third kappa shape index (κ3) is 2.63. The number of amides is 2. The topological polar surface area (TPSA) is 81.2 Å². The van der Waals surface area contributed by atoms with Gasteiger partial charge in [-0.1, -0.05) is 35.9 Å². The van der Waals surface area contributed by atoms with E-state index in [1.54, 1.807) is 15.8 Å². The van der Waals surface area contributed by atoms with Gasteiger partial charge in [0, 0.05) is 37.7 Å². The molecule has 2 heterocycles. The van der Waals surface area contributed by atoms with Crippen LogP contribution in [0.5, 0.6) is 0 Å². The van der Waals surface area contributed by atoms with E-state index >= 15 is 0 Å². The first-order valence-corrected chi connectivity index (χ1v) is 8.41. The number of nitrogens with zero attached hydrogens (tertiary/aromatic N) is 3. The number of carbonyl (C=O) groups is 2. The number of benzene rings is 1. The molecular weight excluding hydrogens is 316 g/mol. The van der Waals surface area contributed by atoms with Crippen molar-refractivity contribution in [3.8, 4) is 0 Å². The first-order chi connectivity index (χ1) is 12.0. The largest absolute Gasteiger partial charge is 0.368 e. The predicted octanol–water partition coefficient (Wildman–Crippen LogP) is 1.36. The number of aromatic nitrogens is 2. The molecule has 0 saturated carbocycles. The summed E-state index contributed by atoms with van der Waals surface area (Å²) in [5, 5.41) is 4.21. The summed E-state index contributed by atoms with van der Waals surface area (Å²) in [6.07, 6.45) is 5.50. The van der Waals surface area contributed by atoms with Crippen LogP contribution in [0.1, 0.15) is 34.8 Å². The quantitative estimate of drug-likeness (QED) is 0.919. The van der Waals surface area contributed by atoms with E-state index in [2.05, 4.69) is 23.3 Å². The van der Waals surface area contributed by atoms with Gasteiger partial charge in [0.15, 0.2) is 0 Å². The molecule has 1 atom stereocenters. The van der Waals surface area contributed by atoms with E-state index in [1.165, 1.54) is 11.1 Å². The van der Waals surface area contributed by atoms with Crippen molar-refractivity contribution in [3.63, 3.8) is 0 Å². The van der Waals surface area contributed by atoms with Crippen LogP contribution < -0.4 is 5.73 Å². The van der Waals surface area contributed by atoms with Gasteiger partial charge in [-0.25, -0.2) is 0 Å². The van der Waals surface area contributed by atoms with Gasteiger partial charge >= 0.3 is 0 Å². The zero-order valence-electron chi connectivity index (χ0n) is 14.1. The highest BCUT2D eigenvalue weighted by atomic mass is 16.2. The summed E-state index contributed by atoms with van der Waals surface area (Å²) in [5.41, 5.74) is 10.8. The third-order valence-electron chi connectivity index (χ3n) is 5.09. The lowest BCUT2D eigenvalue weighted by Crippen LogP contribution is -2.45. The average molecular weight is 336 g/mol. The van der Waals surface area contributed by atoms with E-state index in [0.29, 0.717) is 19.4 Å². The molecule has 1 aliphatic carbocycles. The maximum atomic E-state index is 12.9. The molecular formula is C19H20N4O2. The van der Waals surface area contributed by atoms with Crippen LogP contribution in [0.3, 0.4) is 0 Å². The van der Waals surface area contributed by atoms with E-state index in [9.17, 15) is 9.59 Å². The molecule has 2 aliphatic rings. The highest BCUT2D eigenvalue weighted by Crippen LogP contribution is 2.32. The first-order valence-electron chi connectivity index (χ1n) is 8.41. The maximum absolute atomic E-state index is 12.9. The Bertz CT molecular complexity index is 897. The van der Waals surface area contributed by atoms with Crippen molar-refractivity contribution in [1.82, 2.24) is 14.7 Å². The minimum absolute atomic E-state index is 0.0580. The number of fused-ring (bicyclic) bond motifs is 2. The minimum atomic E-state index is -0.727. The Morgan fingerprint density at radius 3 is 2.88 bits per heavy atom. The summed E-state index contributed by atoms with van der Waals surface area (Å²) in [4.78, 5) is 26.5. The van der Waals surface area contributed by atoms with E-state index in [-0.39, 0.29) is 5.91 Å². The first kappa shape index (κ1) is 15.6. The lowest BCUT2D eigenvalue weighted by Gasteiger charge is -2.34. The highest BCUT2D eigenvalue weighted by Gasteiger charge is 2.36. The number of nitrogens with two attached hydrogens (primary N) is 1.